The predicted octanol–water partition coefficient (Wildman–Crippen LogP) is 2.60. The first-order valence-corrected chi connectivity index (χ1v) is 7.12. The number of nitrogens with zero attached hydrogens (tertiary/aromatic N) is 1. The second-order valence-corrected chi connectivity index (χ2v) is 5.40. The number of Topliss-reactive ketones (excluding diaryl/α,β-unsaturated/α-hetero) is 1. The molecule has 0 unspecified atom stereocenters. The van der Waals surface area contributed by atoms with E-state index in [0.29, 0.717) is 15.7 Å². The van der Waals surface area contributed by atoms with Gasteiger partial charge in [0, 0.05) is 0 Å². The van der Waals surface area contributed by atoms with E-state index in [9.17, 15) is 9.59 Å². The van der Waals surface area contributed by atoms with Gasteiger partial charge < -0.3 is 9.47 Å². The van der Waals surface area contributed by atoms with Crippen molar-refractivity contribution in [2.75, 3.05) is 11.9 Å². The van der Waals surface area contributed by atoms with Gasteiger partial charge >= 0.3 is 6.09 Å². The minimum absolute atomic E-state index is 0.0626. The summed E-state index contributed by atoms with van der Waals surface area (Å²) in [4.78, 5) is 28.0. The summed E-state index contributed by atoms with van der Waals surface area (Å²) in [6.45, 7) is 0.533. The van der Waals surface area contributed by atoms with E-state index in [1.165, 1.54) is 0 Å². The van der Waals surface area contributed by atoms with Gasteiger partial charge in [0.25, 0.3) is 0 Å². The maximum atomic E-state index is 11.7. The topological polar surface area (TPSA) is 77.5 Å². The van der Waals surface area contributed by atoms with Gasteiger partial charge in [0.05, 0.1) is 12.3 Å². The van der Waals surface area contributed by atoms with Crippen LogP contribution in [0.1, 0.15) is 20.9 Å². The molecular formula is C14H12N2O4S. The Kier molecular flexibility index (Phi) is 3.94. The molecule has 1 aromatic carbocycles. The van der Waals surface area contributed by atoms with E-state index in [-0.39, 0.29) is 25.6 Å². The monoisotopic (exact) mass is 304 g/mol. The fourth-order valence-electron chi connectivity index (χ4n) is 1.87. The SMILES string of the molecule is O=C(Nc1nc2c(s1)C(=O)COC2)OCc1ccccc1. The molecule has 3 rings (SSSR count). The Morgan fingerprint density at radius 1 is 1.33 bits per heavy atom. The van der Waals surface area contributed by atoms with Gasteiger partial charge in [-0.15, -0.1) is 0 Å². The third-order valence-electron chi connectivity index (χ3n) is 2.84. The summed E-state index contributed by atoms with van der Waals surface area (Å²) in [7, 11) is 0. The van der Waals surface area contributed by atoms with E-state index >= 15 is 0 Å². The molecule has 0 aliphatic carbocycles. The van der Waals surface area contributed by atoms with Crippen LogP contribution in [0, 0.1) is 0 Å². The number of fused-ring (bicyclic) bond motifs is 1. The fraction of sp³-hybridized carbons (Fsp3) is 0.214. The Labute approximate surface area is 124 Å². The van der Waals surface area contributed by atoms with E-state index in [1.807, 2.05) is 30.3 Å². The molecular weight excluding hydrogens is 292 g/mol. The van der Waals surface area contributed by atoms with Crippen molar-refractivity contribution in [2.24, 2.45) is 0 Å². The van der Waals surface area contributed by atoms with Gasteiger partial charge in [-0.1, -0.05) is 41.7 Å². The molecule has 21 heavy (non-hydrogen) atoms. The first-order chi connectivity index (χ1) is 10.2. The first kappa shape index (κ1) is 13.7. The molecule has 0 atom stereocenters. The number of thiazole rings is 1. The lowest BCUT2D eigenvalue weighted by atomic mass is 10.2. The molecule has 1 N–H and O–H groups in total. The lowest BCUT2D eigenvalue weighted by molar-refractivity contribution is 0.0664. The highest BCUT2D eigenvalue weighted by atomic mass is 32.1. The van der Waals surface area contributed by atoms with Crippen molar-refractivity contribution in [1.29, 1.82) is 0 Å². The van der Waals surface area contributed by atoms with Crippen LogP contribution in [0.15, 0.2) is 30.3 Å². The molecule has 0 bridgehead atoms. The molecule has 7 heteroatoms. The van der Waals surface area contributed by atoms with Crippen molar-refractivity contribution in [3.05, 3.63) is 46.5 Å². The summed E-state index contributed by atoms with van der Waals surface area (Å²) in [5.41, 5.74) is 1.46. The molecule has 0 radical (unpaired) electrons. The molecule has 0 fully saturated rings. The van der Waals surface area contributed by atoms with Gasteiger partial charge in [0.15, 0.2) is 10.9 Å². The first-order valence-electron chi connectivity index (χ1n) is 6.31. The molecule has 0 spiro atoms. The van der Waals surface area contributed by atoms with Crippen LogP contribution in [0.4, 0.5) is 9.93 Å². The molecule has 1 amide bonds. The van der Waals surface area contributed by atoms with Crippen LogP contribution in [0.5, 0.6) is 0 Å². The highest BCUT2D eigenvalue weighted by Gasteiger charge is 2.23. The summed E-state index contributed by atoms with van der Waals surface area (Å²) in [6, 6.07) is 9.37. The largest absolute Gasteiger partial charge is 0.444 e. The third-order valence-corrected chi connectivity index (χ3v) is 3.90. The summed E-state index contributed by atoms with van der Waals surface area (Å²) < 4.78 is 10.2. The van der Waals surface area contributed by atoms with Crippen LogP contribution < -0.4 is 5.32 Å². The lowest BCUT2D eigenvalue weighted by Crippen LogP contribution is -2.16. The summed E-state index contributed by atoms with van der Waals surface area (Å²) in [6.07, 6.45) is -0.599. The Hall–Kier alpha value is -2.25. The van der Waals surface area contributed by atoms with Crippen molar-refractivity contribution in [1.82, 2.24) is 4.98 Å². The number of amides is 1. The maximum absolute atomic E-state index is 11.7. The van der Waals surface area contributed by atoms with Gasteiger partial charge in [-0.25, -0.2) is 9.78 Å². The highest BCUT2D eigenvalue weighted by Crippen LogP contribution is 2.27. The zero-order valence-electron chi connectivity index (χ0n) is 11.0. The molecule has 2 heterocycles. The summed E-state index contributed by atoms with van der Waals surface area (Å²) >= 11 is 1.14. The van der Waals surface area contributed by atoms with E-state index < -0.39 is 6.09 Å². The van der Waals surface area contributed by atoms with Crippen LogP contribution in [0.2, 0.25) is 0 Å². The molecule has 0 saturated heterocycles. The number of ether oxygens (including phenoxy) is 2. The van der Waals surface area contributed by atoms with Crippen LogP contribution >= 0.6 is 11.3 Å². The summed E-state index contributed by atoms with van der Waals surface area (Å²) in [5.74, 6) is -0.112. The van der Waals surface area contributed by atoms with Crippen LogP contribution in [0.3, 0.4) is 0 Å². The van der Waals surface area contributed by atoms with Gasteiger partial charge in [-0.3, -0.25) is 10.1 Å². The number of aromatic nitrogens is 1. The van der Waals surface area contributed by atoms with E-state index in [2.05, 4.69) is 10.3 Å². The number of benzene rings is 1. The second-order valence-electron chi connectivity index (χ2n) is 4.40. The molecule has 1 aromatic heterocycles. The minimum Gasteiger partial charge on any atom is -0.444 e. The fourth-order valence-corrected chi connectivity index (χ4v) is 2.75. The van der Waals surface area contributed by atoms with E-state index in [0.717, 1.165) is 16.9 Å². The maximum Gasteiger partial charge on any atom is 0.413 e. The highest BCUT2D eigenvalue weighted by molar-refractivity contribution is 7.17. The van der Waals surface area contributed by atoms with Gasteiger partial charge in [0.1, 0.15) is 18.1 Å². The zero-order chi connectivity index (χ0) is 14.7. The van der Waals surface area contributed by atoms with Gasteiger partial charge in [-0.2, -0.15) is 0 Å². The number of ketones is 1. The quantitative estimate of drug-likeness (QED) is 0.943. The molecule has 0 saturated carbocycles. The number of hydrogen-bond acceptors (Lipinski definition) is 6. The van der Waals surface area contributed by atoms with Crippen molar-refractivity contribution in [2.45, 2.75) is 13.2 Å². The predicted molar refractivity (Wildman–Crippen MR) is 76.4 cm³/mol. The Bertz CT molecular complexity index is 669. The number of carbonyl (C=O) groups is 2. The third kappa shape index (κ3) is 3.26. The molecule has 2 aromatic rings. The van der Waals surface area contributed by atoms with Gasteiger partial charge in [-0.05, 0) is 5.56 Å². The normalized spacial score (nSPS) is 13.6. The number of anilines is 1. The van der Waals surface area contributed by atoms with Crippen LogP contribution in [0.25, 0.3) is 0 Å². The molecule has 6 nitrogen and oxygen atoms in total. The lowest BCUT2D eigenvalue weighted by Gasteiger charge is -2.07. The second kappa shape index (κ2) is 6.02. The van der Waals surface area contributed by atoms with Crippen molar-refractivity contribution >= 4 is 28.3 Å². The number of rotatable bonds is 3. The van der Waals surface area contributed by atoms with Crippen LogP contribution in [-0.2, 0) is 22.7 Å². The number of carbonyl (C=O) groups excluding carboxylic acids is 2. The zero-order valence-corrected chi connectivity index (χ0v) is 11.8. The molecule has 108 valence electrons. The molecule has 1 aliphatic heterocycles. The number of nitrogens with one attached hydrogen (secondary N) is 1. The smallest absolute Gasteiger partial charge is 0.413 e. The van der Waals surface area contributed by atoms with Crippen molar-refractivity contribution in [3.8, 4) is 0 Å². The van der Waals surface area contributed by atoms with E-state index in [4.69, 9.17) is 9.47 Å². The Morgan fingerprint density at radius 2 is 2.14 bits per heavy atom. The van der Waals surface area contributed by atoms with Crippen molar-refractivity contribution in [3.63, 3.8) is 0 Å². The summed E-state index contributed by atoms with van der Waals surface area (Å²) in [5, 5.41) is 2.87. The average molecular weight is 304 g/mol. The molecule has 1 aliphatic rings. The van der Waals surface area contributed by atoms with E-state index in [1.54, 1.807) is 0 Å². The number of hydrogen-bond donors (Lipinski definition) is 1. The van der Waals surface area contributed by atoms with Crippen LogP contribution in [-0.4, -0.2) is 23.5 Å². The Morgan fingerprint density at radius 3 is 2.90 bits per heavy atom. The average Bonchev–Trinajstić information content (AvgIpc) is 2.90. The minimum atomic E-state index is -0.599. The standard InChI is InChI=1S/C14H12N2O4S/c17-11-8-19-7-10-12(11)21-13(15-10)16-14(18)20-6-9-4-2-1-3-5-9/h1-5H,6-8H2,(H,15,16,18). The van der Waals surface area contributed by atoms with Crippen molar-refractivity contribution < 1.29 is 19.1 Å². The Balaban J connectivity index is 1.59. The van der Waals surface area contributed by atoms with Gasteiger partial charge in [0.2, 0.25) is 0 Å².